The van der Waals surface area contributed by atoms with E-state index in [4.69, 9.17) is 9.47 Å². The molecule has 0 bridgehead atoms. The molecule has 152 valence electrons. The van der Waals surface area contributed by atoms with Crippen molar-refractivity contribution in [1.82, 2.24) is 10.2 Å². The predicted octanol–water partition coefficient (Wildman–Crippen LogP) is 3.00. The van der Waals surface area contributed by atoms with E-state index in [0.717, 1.165) is 17.7 Å². The average Bonchev–Trinajstić information content (AvgIpc) is 2.64. The van der Waals surface area contributed by atoms with E-state index in [1.165, 1.54) is 0 Å². The molecule has 1 aromatic rings. The quantitative estimate of drug-likeness (QED) is 0.601. The van der Waals surface area contributed by atoms with Gasteiger partial charge in [-0.2, -0.15) is 0 Å². The van der Waals surface area contributed by atoms with Crippen molar-refractivity contribution in [3.05, 3.63) is 29.8 Å². The average molecular weight is 379 g/mol. The zero-order valence-corrected chi connectivity index (χ0v) is 17.5. The van der Waals surface area contributed by atoms with Gasteiger partial charge in [0.05, 0.1) is 13.2 Å². The summed E-state index contributed by atoms with van der Waals surface area (Å²) >= 11 is 0. The molecule has 0 aromatic heterocycles. The van der Waals surface area contributed by atoms with Gasteiger partial charge < -0.3 is 19.7 Å². The number of benzene rings is 1. The third-order valence-electron chi connectivity index (χ3n) is 4.21. The number of nitrogens with one attached hydrogen (secondary N) is 1. The maximum atomic E-state index is 12.7. The van der Waals surface area contributed by atoms with Crippen LogP contribution < -0.4 is 10.1 Å². The molecule has 27 heavy (non-hydrogen) atoms. The second-order valence-corrected chi connectivity index (χ2v) is 7.21. The summed E-state index contributed by atoms with van der Waals surface area (Å²) in [4.78, 5) is 26.8. The van der Waals surface area contributed by atoms with Crippen LogP contribution in [0.25, 0.3) is 0 Å². The van der Waals surface area contributed by atoms with E-state index in [2.05, 4.69) is 5.32 Å². The fourth-order valence-corrected chi connectivity index (χ4v) is 2.56. The summed E-state index contributed by atoms with van der Waals surface area (Å²) in [5.41, 5.74) is 0.954. The fourth-order valence-electron chi connectivity index (χ4n) is 2.56. The molecule has 0 heterocycles. The minimum atomic E-state index is -0.548. The van der Waals surface area contributed by atoms with Crippen molar-refractivity contribution >= 4 is 11.8 Å². The molecule has 2 amide bonds. The molecular formula is C21H34N2O4. The molecule has 0 aliphatic carbocycles. The van der Waals surface area contributed by atoms with Crippen molar-refractivity contribution in [2.75, 3.05) is 20.3 Å². The van der Waals surface area contributed by atoms with Crippen LogP contribution in [0.1, 0.15) is 46.6 Å². The summed E-state index contributed by atoms with van der Waals surface area (Å²) in [5, 5.41) is 2.90. The number of rotatable bonds is 11. The van der Waals surface area contributed by atoms with E-state index in [1.807, 2.05) is 52.0 Å². The highest BCUT2D eigenvalue weighted by Crippen LogP contribution is 2.16. The molecular weight excluding hydrogens is 344 g/mol. The van der Waals surface area contributed by atoms with Crippen molar-refractivity contribution in [2.45, 2.75) is 59.7 Å². The largest absolute Gasteiger partial charge is 0.497 e. The molecule has 0 saturated carbocycles. The van der Waals surface area contributed by atoms with Gasteiger partial charge in [0.25, 0.3) is 0 Å². The summed E-state index contributed by atoms with van der Waals surface area (Å²) in [7, 11) is 1.61. The standard InChI is InChI=1S/C21H34N2O4/c1-15(2)21(25)23(14-18-8-10-19(26-6)11-9-18)17(5)20(24)22-12-7-13-27-16(3)4/h8-11,15-17H,7,12-14H2,1-6H3,(H,22,24)/t17-/m1/s1. The van der Waals surface area contributed by atoms with Crippen molar-refractivity contribution in [2.24, 2.45) is 5.92 Å². The highest BCUT2D eigenvalue weighted by molar-refractivity contribution is 5.88. The van der Waals surface area contributed by atoms with Crippen LogP contribution in [-0.2, 0) is 20.9 Å². The van der Waals surface area contributed by atoms with Crippen LogP contribution in [0.5, 0.6) is 5.75 Å². The van der Waals surface area contributed by atoms with Crippen LogP contribution in [0.4, 0.5) is 0 Å². The summed E-state index contributed by atoms with van der Waals surface area (Å²) in [5.74, 6) is 0.381. The van der Waals surface area contributed by atoms with Gasteiger partial charge in [-0.1, -0.05) is 26.0 Å². The van der Waals surface area contributed by atoms with Crippen LogP contribution >= 0.6 is 0 Å². The zero-order valence-electron chi connectivity index (χ0n) is 17.5. The number of hydrogen-bond acceptors (Lipinski definition) is 4. The number of carbonyl (C=O) groups excluding carboxylic acids is 2. The first-order valence-corrected chi connectivity index (χ1v) is 9.59. The van der Waals surface area contributed by atoms with E-state index >= 15 is 0 Å². The Bertz CT molecular complexity index is 584. The molecule has 0 spiro atoms. The number of nitrogens with zero attached hydrogens (tertiary/aromatic N) is 1. The van der Waals surface area contributed by atoms with E-state index < -0.39 is 6.04 Å². The summed E-state index contributed by atoms with van der Waals surface area (Å²) in [6.07, 6.45) is 0.927. The Morgan fingerprint density at radius 2 is 1.70 bits per heavy atom. The summed E-state index contributed by atoms with van der Waals surface area (Å²) in [6, 6.07) is 6.98. The lowest BCUT2D eigenvalue weighted by Gasteiger charge is -2.30. The zero-order chi connectivity index (χ0) is 20.4. The molecule has 6 nitrogen and oxygen atoms in total. The Morgan fingerprint density at radius 3 is 2.22 bits per heavy atom. The van der Waals surface area contributed by atoms with E-state index in [-0.39, 0.29) is 23.8 Å². The van der Waals surface area contributed by atoms with Gasteiger partial charge in [0, 0.05) is 25.6 Å². The van der Waals surface area contributed by atoms with Gasteiger partial charge >= 0.3 is 0 Å². The highest BCUT2D eigenvalue weighted by atomic mass is 16.5. The highest BCUT2D eigenvalue weighted by Gasteiger charge is 2.27. The molecule has 0 saturated heterocycles. The lowest BCUT2D eigenvalue weighted by molar-refractivity contribution is -0.143. The van der Waals surface area contributed by atoms with E-state index in [0.29, 0.717) is 19.7 Å². The molecule has 0 fully saturated rings. The first-order chi connectivity index (χ1) is 12.8. The number of methoxy groups -OCH3 is 1. The number of amides is 2. The first-order valence-electron chi connectivity index (χ1n) is 9.59. The van der Waals surface area contributed by atoms with Gasteiger partial charge in [-0.3, -0.25) is 9.59 Å². The maximum Gasteiger partial charge on any atom is 0.242 e. The molecule has 1 rings (SSSR count). The Hall–Kier alpha value is -2.08. The van der Waals surface area contributed by atoms with Gasteiger partial charge in [0.1, 0.15) is 11.8 Å². The molecule has 0 radical (unpaired) electrons. The molecule has 1 atom stereocenters. The van der Waals surface area contributed by atoms with Crippen LogP contribution in [0.3, 0.4) is 0 Å². The molecule has 0 unspecified atom stereocenters. The van der Waals surface area contributed by atoms with Crippen LogP contribution in [0.15, 0.2) is 24.3 Å². The van der Waals surface area contributed by atoms with Gasteiger partial charge in [-0.15, -0.1) is 0 Å². The summed E-state index contributed by atoms with van der Waals surface area (Å²) < 4.78 is 10.6. The second-order valence-electron chi connectivity index (χ2n) is 7.21. The smallest absolute Gasteiger partial charge is 0.242 e. The first kappa shape index (κ1) is 23.0. The maximum absolute atomic E-state index is 12.7. The lowest BCUT2D eigenvalue weighted by atomic mass is 10.1. The molecule has 1 aromatic carbocycles. The van der Waals surface area contributed by atoms with Gasteiger partial charge in [-0.25, -0.2) is 0 Å². The Balaban J connectivity index is 2.70. The van der Waals surface area contributed by atoms with Crippen molar-refractivity contribution in [3.63, 3.8) is 0 Å². The number of hydrogen-bond donors (Lipinski definition) is 1. The van der Waals surface area contributed by atoms with Crippen LogP contribution in [0, 0.1) is 5.92 Å². The summed E-state index contributed by atoms with van der Waals surface area (Å²) in [6.45, 7) is 10.9. The normalized spacial score (nSPS) is 12.1. The predicted molar refractivity (Wildman–Crippen MR) is 107 cm³/mol. The molecule has 6 heteroatoms. The van der Waals surface area contributed by atoms with Gasteiger partial charge in [0.2, 0.25) is 11.8 Å². The third kappa shape index (κ3) is 7.99. The Morgan fingerprint density at radius 1 is 1.07 bits per heavy atom. The molecule has 1 N–H and O–H groups in total. The topological polar surface area (TPSA) is 67.9 Å². The Labute approximate surface area is 163 Å². The Kier molecular flexibility index (Phi) is 9.86. The van der Waals surface area contributed by atoms with Crippen LogP contribution in [-0.4, -0.2) is 49.1 Å². The number of ether oxygens (including phenoxy) is 2. The van der Waals surface area contributed by atoms with Crippen molar-refractivity contribution < 1.29 is 19.1 Å². The van der Waals surface area contributed by atoms with E-state index in [9.17, 15) is 9.59 Å². The minimum absolute atomic E-state index is 0.0448. The second kappa shape index (κ2) is 11.6. The van der Waals surface area contributed by atoms with Crippen LogP contribution in [0.2, 0.25) is 0 Å². The van der Waals surface area contributed by atoms with Gasteiger partial charge in [0.15, 0.2) is 0 Å². The molecule has 0 aliphatic rings. The fraction of sp³-hybridized carbons (Fsp3) is 0.619. The van der Waals surface area contributed by atoms with Gasteiger partial charge in [-0.05, 0) is 44.9 Å². The number of carbonyl (C=O) groups is 2. The minimum Gasteiger partial charge on any atom is -0.497 e. The van der Waals surface area contributed by atoms with E-state index in [1.54, 1.807) is 18.9 Å². The third-order valence-corrected chi connectivity index (χ3v) is 4.21. The lowest BCUT2D eigenvalue weighted by Crippen LogP contribution is -2.49. The monoisotopic (exact) mass is 378 g/mol. The SMILES string of the molecule is COc1ccc(CN(C(=O)C(C)C)[C@H](C)C(=O)NCCCOC(C)C)cc1. The van der Waals surface area contributed by atoms with Crippen molar-refractivity contribution in [3.8, 4) is 5.75 Å². The van der Waals surface area contributed by atoms with Crippen molar-refractivity contribution in [1.29, 1.82) is 0 Å². The molecule has 0 aliphatic heterocycles.